The molecule has 0 unspecified atom stereocenters. The van der Waals surface area contributed by atoms with Crippen LogP contribution in [-0.4, -0.2) is 45.2 Å². The van der Waals surface area contributed by atoms with Crippen molar-refractivity contribution < 1.29 is 13.2 Å². The Balaban J connectivity index is 2.48. The predicted octanol–water partition coefficient (Wildman–Crippen LogP) is 2.07. The number of sulfone groups is 1. The first-order chi connectivity index (χ1) is 9.75. The Bertz CT molecular complexity index is 567. The monoisotopic (exact) mass is 312 g/mol. The van der Waals surface area contributed by atoms with Gasteiger partial charge in [-0.05, 0) is 37.5 Å². The normalized spacial score (nSPS) is 12.8. The molecule has 0 heterocycles. The summed E-state index contributed by atoms with van der Waals surface area (Å²) in [5.74, 6) is 0. The van der Waals surface area contributed by atoms with E-state index >= 15 is 0 Å². The van der Waals surface area contributed by atoms with Crippen molar-refractivity contribution in [3.8, 4) is 0 Å². The minimum Gasteiger partial charge on any atom is -0.338 e. The van der Waals surface area contributed by atoms with Gasteiger partial charge in [-0.25, -0.2) is 13.2 Å². The first-order valence-electron chi connectivity index (χ1n) is 7.05. The zero-order valence-electron chi connectivity index (χ0n) is 13.1. The first kappa shape index (κ1) is 17.5. The fourth-order valence-corrected chi connectivity index (χ4v) is 2.45. The maximum absolute atomic E-state index is 11.9. The molecule has 1 atom stereocenters. The van der Waals surface area contributed by atoms with Crippen LogP contribution in [0.25, 0.3) is 0 Å². The van der Waals surface area contributed by atoms with Crippen LogP contribution in [-0.2, 0) is 16.3 Å². The van der Waals surface area contributed by atoms with E-state index in [4.69, 9.17) is 0 Å². The molecule has 0 aliphatic rings. The van der Waals surface area contributed by atoms with E-state index in [0.717, 1.165) is 12.0 Å². The number of nitrogens with zero attached hydrogens (tertiary/aromatic N) is 1. The third-order valence-electron chi connectivity index (χ3n) is 3.61. The molecular formula is C15H24N2O3S. The molecule has 0 saturated carbocycles. The van der Waals surface area contributed by atoms with E-state index in [0.29, 0.717) is 17.9 Å². The predicted molar refractivity (Wildman–Crippen MR) is 84.2 cm³/mol. The van der Waals surface area contributed by atoms with Crippen LogP contribution in [0.3, 0.4) is 0 Å². The van der Waals surface area contributed by atoms with Crippen LogP contribution < -0.4 is 5.32 Å². The molecule has 118 valence electrons. The number of hydrogen-bond acceptors (Lipinski definition) is 3. The Morgan fingerprint density at radius 1 is 1.29 bits per heavy atom. The molecule has 21 heavy (non-hydrogen) atoms. The molecule has 1 aromatic carbocycles. The summed E-state index contributed by atoms with van der Waals surface area (Å²) < 4.78 is 22.7. The number of hydrogen-bond donors (Lipinski definition) is 1. The molecule has 0 fully saturated rings. The van der Waals surface area contributed by atoms with Crippen molar-refractivity contribution in [2.75, 3.05) is 19.8 Å². The zero-order valence-corrected chi connectivity index (χ0v) is 13.9. The summed E-state index contributed by atoms with van der Waals surface area (Å²) in [6.45, 7) is 4.57. The standard InChI is InChI=1S/C15H24N2O3S/c1-5-12(2)17(3)15(18)16-11-10-13-6-8-14(9-7-13)21(4,19)20/h6-9,12H,5,10-11H2,1-4H3,(H,16,18)/t12-/m0/s1. The number of urea groups is 1. The Morgan fingerprint density at radius 3 is 2.33 bits per heavy atom. The molecular weight excluding hydrogens is 288 g/mol. The third-order valence-corrected chi connectivity index (χ3v) is 4.74. The quantitative estimate of drug-likeness (QED) is 0.874. The average molecular weight is 312 g/mol. The number of carbonyl (C=O) groups excluding carboxylic acids is 1. The smallest absolute Gasteiger partial charge is 0.317 e. The molecule has 1 rings (SSSR count). The Labute approximate surface area is 127 Å². The lowest BCUT2D eigenvalue weighted by atomic mass is 10.1. The molecule has 0 aliphatic carbocycles. The van der Waals surface area contributed by atoms with Crippen LogP contribution in [0.15, 0.2) is 29.2 Å². The van der Waals surface area contributed by atoms with Crippen LogP contribution in [0, 0.1) is 0 Å². The lowest BCUT2D eigenvalue weighted by Gasteiger charge is -2.24. The molecule has 0 aromatic heterocycles. The minimum absolute atomic E-state index is 0.0860. The molecule has 1 N–H and O–H groups in total. The van der Waals surface area contributed by atoms with Gasteiger partial charge in [-0.15, -0.1) is 0 Å². The summed E-state index contributed by atoms with van der Waals surface area (Å²) in [6, 6.07) is 6.87. The lowest BCUT2D eigenvalue weighted by Crippen LogP contribution is -2.42. The van der Waals surface area contributed by atoms with Crippen LogP contribution in [0.2, 0.25) is 0 Å². The first-order valence-corrected chi connectivity index (χ1v) is 8.94. The maximum Gasteiger partial charge on any atom is 0.317 e. The summed E-state index contributed by atoms with van der Waals surface area (Å²) >= 11 is 0. The van der Waals surface area contributed by atoms with Crippen LogP contribution in [0.1, 0.15) is 25.8 Å². The van der Waals surface area contributed by atoms with E-state index in [-0.39, 0.29) is 12.1 Å². The van der Waals surface area contributed by atoms with Gasteiger partial charge >= 0.3 is 6.03 Å². The van der Waals surface area contributed by atoms with Crippen LogP contribution in [0.4, 0.5) is 4.79 Å². The minimum atomic E-state index is -3.15. The van der Waals surface area contributed by atoms with E-state index in [1.54, 1.807) is 36.2 Å². The van der Waals surface area contributed by atoms with Crippen LogP contribution in [0.5, 0.6) is 0 Å². The number of carbonyl (C=O) groups is 1. The van der Waals surface area contributed by atoms with Crippen molar-refractivity contribution in [1.29, 1.82) is 0 Å². The summed E-state index contributed by atoms with van der Waals surface area (Å²) in [4.78, 5) is 13.9. The summed E-state index contributed by atoms with van der Waals surface area (Å²) in [6.07, 6.45) is 2.77. The molecule has 0 saturated heterocycles. The van der Waals surface area contributed by atoms with Gasteiger partial charge in [0.1, 0.15) is 0 Å². The molecule has 5 nitrogen and oxygen atoms in total. The molecule has 2 amide bonds. The number of amides is 2. The lowest BCUT2D eigenvalue weighted by molar-refractivity contribution is 0.193. The van der Waals surface area contributed by atoms with E-state index in [9.17, 15) is 13.2 Å². The van der Waals surface area contributed by atoms with Crippen molar-refractivity contribution in [2.45, 2.75) is 37.6 Å². The van der Waals surface area contributed by atoms with Gasteiger partial charge in [0.15, 0.2) is 9.84 Å². The number of rotatable bonds is 6. The van der Waals surface area contributed by atoms with Crippen molar-refractivity contribution in [2.24, 2.45) is 0 Å². The Hall–Kier alpha value is -1.56. The van der Waals surface area contributed by atoms with Crippen molar-refractivity contribution in [3.05, 3.63) is 29.8 Å². The van der Waals surface area contributed by atoms with Gasteiger partial charge < -0.3 is 10.2 Å². The van der Waals surface area contributed by atoms with E-state index in [2.05, 4.69) is 5.32 Å². The Kier molecular flexibility index (Phi) is 6.20. The van der Waals surface area contributed by atoms with Gasteiger partial charge in [0, 0.05) is 25.9 Å². The molecule has 0 aliphatic heterocycles. The second kappa shape index (κ2) is 7.45. The summed E-state index contributed by atoms with van der Waals surface area (Å²) in [5.41, 5.74) is 0.994. The molecule has 6 heteroatoms. The second-order valence-electron chi connectivity index (χ2n) is 5.27. The highest BCUT2D eigenvalue weighted by atomic mass is 32.2. The molecule has 1 aromatic rings. The van der Waals surface area contributed by atoms with Gasteiger partial charge in [0.25, 0.3) is 0 Å². The fraction of sp³-hybridized carbons (Fsp3) is 0.533. The van der Waals surface area contributed by atoms with Crippen molar-refractivity contribution in [1.82, 2.24) is 10.2 Å². The SMILES string of the molecule is CC[C@H](C)N(C)C(=O)NCCc1ccc(S(C)(=O)=O)cc1. The summed E-state index contributed by atoms with van der Waals surface area (Å²) in [5, 5.41) is 2.86. The second-order valence-corrected chi connectivity index (χ2v) is 7.28. The number of benzene rings is 1. The van der Waals surface area contributed by atoms with E-state index in [1.807, 2.05) is 13.8 Å². The fourth-order valence-electron chi connectivity index (χ4n) is 1.82. The molecule has 0 bridgehead atoms. The highest BCUT2D eigenvalue weighted by molar-refractivity contribution is 7.90. The van der Waals surface area contributed by atoms with Gasteiger partial charge in [0.05, 0.1) is 4.90 Å². The zero-order chi connectivity index (χ0) is 16.0. The van der Waals surface area contributed by atoms with Crippen molar-refractivity contribution >= 4 is 15.9 Å². The van der Waals surface area contributed by atoms with Crippen molar-refractivity contribution in [3.63, 3.8) is 0 Å². The highest BCUT2D eigenvalue weighted by Gasteiger charge is 2.13. The van der Waals surface area contributed by atoms with E-state index < -0.39 is 9.84 Å². The average Bonchev–Trinajstić information content (AvgIpc) is 2.45. The third kappa shape index (κ3) is 5.38. The molecule has 0 spiro atoms. The molecule has 0 radical (unpaired) electrons. The maximum atomic E-state index is 11.9. The summed E-state index contributed by atoms with van der Waals surface area (Å²) in [7, 11) is -1.37. The van der Waals surface area contributed by atoms with E-state index in [1.165, 1.54) is 6.26 Å². The van der Waals surface area contributed by atoms with Crippen LogP contribution >= 0.6 is 0 Å². The highest BCUT2D eigenvalue weighted by Crippen LogP contribution is 2.10. The Morgan fingerprint density at radius 2 is 1.86 bits per heavy atom. The number of nitrogens with one attached hydrogen (secondary N) is 1. The van der Waals surface area contributed by atoms with Gasteiger partial charge in [-0.2, -0.15) is 0 Å². The van der Waals surface area contributed by atoms with Gasteiger partial charge in [-0.1, -0.05) is 19.1 Å². The van der Waals surface area contributed by atoms with Gasteiger partial charge in [0.2, 0.25) is 0 Å². The largest absolute Gasteiger partial charge is 0.338 e. The van der Waals surface area contributed by atoms with Gasteiger partial charge in [-0.3, -0.25) is 0 Å². The topological polar surface area (TPSA) is 66.5 Å².